The van der Waals surface area contributed by atoms with Gasteiger partial charge in [-0.1, -0.05) is 0 Å². The molecule has 0 radical (unpaired) electrons. The molecule has 1 saturated heterocycles. The van der Waals surface area contributed by atoms with Crippen LogP contribution in [-0.2, 0) is 6.54 Å². The fourth-order valence-electron chi connectivity index (χ4n) is 1.16. The fourth-order valence-corrected chi connectivity index (χ4v) is 1.16. The minimum Gasteiger partial charge on any atom is -0.391 e. The molecule has 6 heteroatoms. The molecular formula is C8H12N4O2. The highest BCUT2D eigenvalue weighted by atomic mass is 16.6. The third-order valence-corrected chi connectivity index (χ3v) is 2.11. The van der Waals surface area contributed by atoms with Crippen LogP contribution < -0.4 is 10.5 Å². The van der Waals surface area contributed by atoms with Crippen molar-refractivity contribution in [2.24, 2.45) is 5.73 Å². The molecule has 0 unspecified atom stereocenters. The number of rotatable bonds is 2. The monoisotopic (exact) mass is 196 g/mol. The number of amides is 1. The summed E-state index contributed by atoms with van der Waals surface area (Å²) in [5.74, 6) is 0.957. The van der Waals surface area contributed by atoms with Crippen molar-refractivity contribution in [2.45, 2.75) is 13.0 Å². The Kier molecular flexibility index (Phi) is 2.36. The number of ether oxygens (including phenoxy) is 1. The van der Waals surface area contributed by atoms with Gasteiger partial charge < -0.3 is 20.4 Å². The molecule has 1 amide bonds. The predicted molar refractivity (Wildman–Crippen MR) is 48.7 cm³/mol. The molecule has 1 aliphatic rings. The largest absolute Gasteiger partial charge is 0.416 e. The minimum absolute atomic E-state index is 0.307. The van der Waals surface area contributed by atoms with E-state index in [1.807, 2.05) is 0 Å². The van der Waals surface area contributed by atoms with E-state index < -0.39 is 0 Å². The van der Waals surface area contributed by atoms with Gasteiger partial charge in [0.15, 0.2) is 0 Å². The van der Waals surface area contributed by atoms with Crippen LogP contribution in [0.1, 0.15) is 12.2 Å². The summed E-state index contributed by atoms with van der Waals surface area (Å²) in [4.78, 5) is 19.7. The Morgan fingerprint density at radius 1 is 1.71 bits per heavy atom. The van der Waals surface area contributed by atoms with Crippen molar-refractivity contribution in [3.8, 4) is 5.88 Å². The first-order chi connectivity index (χ1) is 6.79. The highest BCUT2D eigenvalue weighted by molar-refractivity contribution is 5.70. The summed E-state index contributed by atoms with van der Waals surface area (Å²) in [6, 6.07) is 0. The van der Waals surface area contributed by atoms with Crippen molar-refractivity contribution in [2.75, 3.05) is 13.1 Å². The van der Waals surface area contributed by atoms with Crippen molar-refractivity contribution < 1.29 is 9.53 Å². The number of nitrogens with zero attached hydrogens (tertiary/aromatic N) is 2. The van der Waals surface area contributed by atoms with Gasteiger partial charge in [0.2, 0.25) is 5.88 Å². The Morgan fingerprint density at radius 2 is 2.50 bits per heavy atom. The first-order valence-corrected chi connectivity index (χ1v) is 4.50. The number of nitrogens with one attached hydrogen (secondary N) is 1. The lowest BCUT2D eigenvalue weighted by molar-refractivity contribution is 0.123. The van der Waals surface area contributed by atoms with E-state index in [9.17, 15) is 4.79 Å². The molecule has 2 rings (SSSR count). The van der Waals surface area contributed by atoms with Gasteiger partial charge in [0, 0.05) is 13.1 Å². The number of H-pyrrole nitrogens is 1. The van der Waals surface area contributed by atoms with Crippen LogP contribution in [0.15, 0.2) is 6.20 Å². The maximum atomic E-state index is 11.3. The van der Waals surface area contributed by atoms with E-state index >= 15 is 0 Å². The van der Waals surface area contributed by atoms with Crippen LogP contribution in [0.25, 0.3) is 0 Å². The summed E-state index contributed by atoms with van der Waals surface area (Å²) >= 11 is 0. The highest BCUT2D eigenvalue weighted by Gasteiger charge is 2.22. The number of nitrogens with two attached hydrogens (primary N) is 1. The van der Waals surface area contributed by atoms with E-state index in [-0.39, 0.29) is 6.09 Å². The van der Waals surface area contributed by atoms with Crippen LogP contribution in [0.5, 0.6) is 5.88 Å². The SMILES string of the molecule is NCc1ncc(OC(=O)N2CCC2)[nH]1. The lowest BCUT2D eigenvalue weighted by Crippen LogP contribution is -2.43. The van der Waals surface area contributed by atoms with Crippen LogP contribution >= 0.6 is 0 Å². The summed E-state index contributed by atoms with van der Waals surface area (Å²) in [5.41, 5.74) is 5.35. The Labute approximate surface area is 81.1 Å². The average Bonchev–Trinajstić information content (AvgIpc) is 2.48. The number of carbonyl (C=O) groups excluding carboxylic acids is 1. The molecule has 1 aromatic heterocycles. The van der Waals surface area contributed by atoms with Crippen molar-refractivity contribution in [3.63, 3.8) is 0 Å². The van der Waals surface area contributed by atoms with Gasteiger partial charge >= 0.3 is 6.09 Å². The maximum Gasteiger partial charge on any atom is 0.416 e. The van der Waals surface area contributed by atoms with E-state index in [4.69, 9.17) is 10.5 Å². The molecule has 76 valence electrons. The van der Waals surface area contributed by atoms with Crippen LogP contribution in [-0.4, -0.2) is 34.1 Å². The number of aromatic nitrogens is 2. The summed E-state index contributed by atoms with van der Waals surface area (Å²) in [6.45, 7) is 1.86. The maximum absolute atomic E-state index is 11.3. The lowest BCUT2D eigenvalue weighted by atomic mass is 10.2. The number of likely N-dealkylation sites (tertiary alicyclic amines) is 1. The van der Waals surface area contributed by atoms with Crippen LogP contribution in [0, 0.1) is 0 Å². The normalized spacial score (nSPS) is 15.1. The highest BCUT2D eigenvalue weighted by Crippen LogP contribution is 2.11. The van der Waals surface area contributed by atoms with E-state index in [1.165, 1.54) is 6.20 Å². The Balaban J connectivity index is 1.92. The molecule has 14 heavy (non-hydrogen) atoms. The van der Waals surface area contributed by atoms with Crippen molar-refractivity contribution in [3.05, 3.63) is 12.0 Å². The first kappa shape index (κ1) is 9.01. The van der Waals surface area contributed by atoms with Gasteiger partial charge in [-0.25, -0.2) is 9.78 Å². The topological polar surface area (TPSA) is 84.2 Å². The van der Waals surface area contributed by atoms with Crippen molar-refractivity contribution >= 4 is 6.09 Å². The second-order valence-corrected chi connectivity index (χ2v) is 3.11. The molecule has 0 spiro atoms. The molecule has 1 aliphatic heterocycles. The fraction of sp³-hybridized carbons (Fsp3) is 0.500. The number of imidazole rings is 1. The average molecular weight is 196 g/mol. The van der Waals surface area contributed by atoms with Crippen LogP contribution in [0.3, 0.4) is 0 Å². The van der Waals surface area contributed by atoms with Crippen LogP contribution in [0.4, 0.5) is 4.79 Å². The molecule has 6 nitrogen and oxygen atoms in total. The number of carbonyl (C=O) groups is 1. The van der Waals surface area contributed by atoms with E-state index in [1.54, 1.807) is 4.90 Å². The zero-order valence-electron chi connectivity index (χ0n) is 7.69. The zero-order chi connectivity index (χ0) is 9.97. The standard InChI is InChI=1S/C8H12N4O2/c9-4-6-10-5-7(11-6)14-8(13)12-2-1-3-12/h5H,1-4,9H2,(H,10,11). The third-order valence-electron chi connectivity index (χ3n) is 2.11. The summed E-state index contributed by atoms with van der Waals surface area (Å²) in [7, 11) is 0. The molecule has 0 aromatic carbocycles. The second kappa shape index (κ2) is 3.67. The first-order valence-electron chi connectivity index (χ1n) is 4.50. The smallest absolute Gasteiger partial charge is 0.391 e. The molecule has 2 heterocycles. The van der Waals surface area contributed by atoms with Gasteiger partial charge in [-0.3, -0.25) is 0 Å². The Morgan fingerprint density at radius 3 is 3.00 bits per heavy atom. The van der Waals surface area contributed by atoms with Gasteiger partial charge in [-0.2, -0.15) is 0 Å². The molecule has 0 atom stereocenters. The van der Waals surface area contributed by atoms with Gasteiger partial charge in [0.25, 0.3) is 0 Å². The molecule has 1 fully saturated rings. The van der Waals surface area contributed by atoms with E-state index in [0.29, 0.717) is 18.2 Å². The molecule has 3 N–H and O–H groups in total. The van der Waals surface area contributed by atoms with Crippen LogP contribution in [0.2, 0.25) is 0 Å². The Bertz CT molecular complexity index is 332. The zero-order valence-corrected chi connectivity index (χ0v) is 7.69. The summed E-state index contributed by atoms with van der Waals surface area (Å²) in [6.07, 6.45) is 2.18. The number of hydrogen-bond acceptors (Lipinski definition) is 4. The molecular weight excluding hydrogens is 184 g/mol. The number of hydrogen-bond donors (Lipinski definition) is 2. The lowest BCUT2D eigenvalue weighted by Gasteiger charge is -2.29. The second-order valence-electron chi connectivity index (χ2n) is 3.11. The third kappa shape index (κ3) is 1.69. The molecule has 1 aromatic rings. The van der Waals surface area contributed by atoms with E-state index in [2.05, 4.69) is 9.97 Å². The van der Waals surface area contributed by atoms with Crippen molar-refractivity contribution in [1.82, 2.24) is 14.9 Å². The quantitative estimate of drug-likeness (QED) is 0.701. The van der Waals surface area contributed by atoms with Crippen molar-refractivity contribution in [1.29, 1.82) is 0 Å². The summed E-state index contributed by atoms with van der Waals surface area (Å²) < 4.78 is 5.01. The number of aromatic amines is 1. The molecule has 0 bridgehead atoms. The molecule has 0 saturated carbocycles. The van der Waals surface area contributed by atoms with E-state index in [0.717, 1.165) is 19.5 Å². The van der Waals surface area contributed by atoms with Gasteiger partial charge in [0.05, 0.1) is 12.7 Å². The van der Waals surface area contributed by atoms with Gasteiger partial charge in [0.1, 0.15) is 5.82 Å². The van der Waals surface area contributed by atoms with Gasteiger partial charge in [-0.15, -0.1) is 0 Å². The van der Waals surface area contributed by atoms with Gasteiger partial charge in [-0.05, 0) is 6.42 Å². The minimum atomic E-state index is -0.330. The predicted octanol–water partition coefficient (Wildman–Crippen LogP) is 0.0729. The Hall–Kier alpha value is -1.56. The molecule has 0 aliphatic carbocycles. The summed E-state index contributed by atoms with van der Waals surface area (Å²) in [5, 5.41) is 0.